The molecule has 0 radical (unpaired) electrons. The number of anilines is 1. The van der Waals surface area contributed by atoms with Crippen LogP contribution in [-0.4, -0.2) is 25.5 Å². The van der Waals surface area contributed by atoms with Gasteiger partial charge in [-0.05, 0) is 42.8 Å². The van der Waals surface area contributed by atoms with E-state index in [2.05, 4.69) is 34.5 Å². The predicted molar refractivity (Wildman–Crippen MR) is 125 cm³/mol. The number of rotatable bonds is 5. The molecule has 32 heavy (non-hydrogen) atoms. The zero-order chi connectivity index (χ0) is 21.9. The van der Waals surface area contributed by atoms with Crippen LogP contribution in [0.25, 0.3) is 28.2 Å². The Hall–Kier alpha value is -4.32. The maximum Gasteiger partial charge on any atom is 0.229 e. The van der Waals surface area contributed by atoms with E-state index >= 15 is 0 Å². The van der Waals surface area contributed by atoms with Crippen LogP contribution < -0.4 is 5.32 Å². The first-order valence-electron chi connectivity index (χ1n) is 10.4. The molecule has 156 valence electrons. The molecule has 0 saturated carbocycles. The van der Waals surface area contributed by atoms with Crippen molar-refractivity contribution < 1.29 is 4.79 Å². The van der Waals surface area contributed by atoms with Crippen LogP contribution in [-0.2, 0) is 11.2 Å². The van der Waals surface area contributed by atoms with Gasteiger partial charge >= 0.3 is 0 Å². The number of hydrogen-bond donors (Lipinski definition) is 1. The summed E-state index contributed by atoms with van der Waals surface area (Å²) in [5.74, 6) is 0.375. The largest absolute Gasteiger partial charge is 0.310 e. The fourth-order valence-electron chi connectivity index (χ4n) is 3.76. The average Bonchev–Trinajstić information content (AvgIpc) is 3.19. The van der Waals surface area contributed by atoms with Crippen molar-refractivity contribution in [2.24, 2.45) is 0 Å². The topological polar surface area (TPSA) is 72.2 Å². The Kier molecular flexibility index (Phi) is 5.17. The van der Waals surface area contributed by atoms with Crippen LogP contribution in [0.2, 0.25) is 0 Å². The molecule has 0 aliphatic heterocycles. The third kappa shape index (κ3) is 3.98. The summed E-state index contributed by atoms with van der Waals surface area (Å²) in [6.45, 7) is 2.06. The van der Waals surface area contributed by atoms with Gasteiger partial charge in [0.05, 0.1) is 12.1 Å². The van der Waals surface area contributed by atoms with Gasteiger partial charge in [-0.2, -0.15) is 5.10 Å². The number of imidazole rings is 1. The monoisotopic (exact) mass is 419 g/mol. The molecular formula is C26H21N5O. The Morgan fingerprint density at radius 2 is 1.78 bits per heavy atom. The average molecular weight is 419 g/mol. The molecular weight excluding hydrogens is 398 g/mol. The summed E-state index contributed by atoms with van der Waals surface area (Å²) in [5, 5.41) is 7.43. The number of carbonyl (C=O) groups excluding carboxylic acids is 1. The Labute approximate surface area is 185 Å². The molecule has 0 spiro atoms. The summed E-state index contributed by atoms with van der Waals surface area (Å²) in [6, 6.07) is 25.4. The normalized spacial score (nSPS) is 10.9. The first kappa shape index (κ1) is 19.6. The molecule has 5 aromatic rings. The summed E-state index contributed by atoms with van der Waals surface area (Å²) < 4.78 is 1.82. The molecule has 0 atom stereocenters. The fourth-order valence-corrected chi connectivity index (χ4v) is 3.76. The van der Waals surface area contributed by atoms with E-state index in [4.69, 9.17) is 4.98 Å². The SMILES string of the molecule is Cc1cccc(-c2nc3cccnn3c2-c2ccnc(NC(=O)Cc3ccccc3)c2)c1. The van der Waals surface area contributed by atoms with Crippen LogP contribution in [0.15, 0.2) is 91.3 Å². The molecule has 0 saturated heterocycles. The lowest BCUT2D eigenvalue weighted by Crippen LogP contribution is -2.15. The van der Waals surface area contributed by atoms with E-state index < -0.39 is 0 Å². The summed E-state index contributed by atoms with van der Waals surface area (Å²) in [4.78, 5) is 21.7. The number of hydrogen-bond acceptors (Lipinski definition) is 4. The standard InChI is InChI=1S/C26H21N5O/c1-18-7-5-10-20(15-18)25-26(31-23(30-25)11-6-13-28-31)21-12-14-27-22(17-21)29-24(32)16-19-8-3-2-4-9-19/h2-15,17H,16H2,1H3,(H,27,29,32). The van der Waals surface area contributed by atoms with Gasteiger partial charge in [0.25, 0.3) is 0 Å². The van der Waals surface area contributed by atoms with Crippen LogP contribution >= 0.6 is 0 Å². The highest BCUT2D eigenvalue weighted by Gasteiger charge is 2.18. The van der Waals surface area contributed by atoms with Crippen molar-refractivity contribution in [3.8, 4) is 22.5 Å². The summed E-state index contributed by atoms with van der Waals surface area (Å²) in [6.07, 6.45) is 3.72. The lowest BCUT2D eigenvalue weighted by molar-refractivity contribution is -0.115. The van der Waals surface area contributed by atoms with E-state index in [1.807, 2.05) is 71.2 Å². The molecule has 0 unspecified atom stereocenters. The molecule has 1 N–H and O–H groups in total. The molecule has 0 aliphatic carbocycles. The van der Waals surface area contributed by atoms with E-state index in [1.54, 1.807) is 12.4 Å². The quantitative estimate of drug-likeness (QED) is 0.438. The van der Waals surface area contributed by atoms with Crippen molar-refractivity contribution in [3.63, 3.8) is 0 Å². The number of aromatic nitrogens is 4. The van der Waals surface area contributed by atoms with Gasteiger partial charge in [0.1, 0.15) is 11.5 Å². The number of aryl methyl sites for hydroxylation is 1. The second-order valence-electron chi connectivity index (χ2n) is 7.61. The molecule has 2 aromatic carbocycles. The molecule has 0 bridgehead atoms. The zero-order valence-corrected chi connectivity index (χ0v) is 17.6. The second-order valence-corrected chi connectivity index (χ2v) is 7.61. The van der Waals surface area contributed by atoms with E-state index in [1.165, 1.54) is 0 Å². The lowest BCUT2D eigenvalue weighted by atomic mass is 10.0. The Balaban J connectivity index is 1.53. The summed E-state index contributed by atoms with van der Waals surface area (Å²) in [7, 11) is 0. The Morgan fingerprint density at radius 1 is 0.906 bits per heavy atom. The van der Waals surface area contributed by atoms with Gasteiger partial charge in [0.15, 0.2) is 5.65 Å². The molecule has 5 rings (SSSR count). The van der Waals surface area contributed by atoms with Gasteiger partial charge in [0.2, 0.25) is 5.91 Å². The molecule has 3 aromatic heterocycles. The molecule has 6 heteroatoms. The molecule has 1 amide bonds. The Bertz CT molecular complexity index is 1410. The summed E-state index contributed by atoms with van der Waals surface area (Å²) >= 11 is 0. The van der Waals surface area contributed by atoms with Crippen LogP contribution in [0.1, 0.15) is 11.1 Å². The number of amides is 1. The van der Waals surface area contributed by atoms with Gasteiger partial charge in [-0.25, -0.2) is 14.5 Å². The van der Waals surface area contributed by atoms with Crippen LogP contribution in [0, 0.1) is 6.92 Å². The highest BCUT2D eigenvalue weighted by atomic mass is 16.1. The van der Waals surface area contributed by atoms with E-state index in [9.17, 15) is 4.79 Å². The number of pyridine rings is 1. The first-order valence-corrected chi connectivity index (χ1v) is 10.4. The molecule has 0 fully saturated rings. The van der Waals surface area contributed by atoms with Gasteiger partial charge < -0.3 is 5.32 Å². The minimum absolute atomic E-state index is 0.115. The van der Waals surface area contributed by atoms with Crippen molar-refractivity contribution in [2.45, 2.75) is 13.3 Å². The first-order chi connectivity index (χ1) is 15.7. The number of nitrogens with one attached hydrogen (secondary N) is 1. The molecule has 3 heterocycles. The van der Waals surface area contributed by atoms with Crippen molar-refractivity contribution >= 4 is 17.4 Å². The van der Waals surface area contributed by atoms with Gasteiger partial charge in [-0.1, -0.05) is 54.1 Å². The maximum atomic E-state index is 12.5. The molecule has 6 nitrogen and oxygen atoms in total. The number of fused-ring (bicyclic) bond motifs is 1. The fraction of sp³-hybridized carbons (Fsp3) is 0.0769. The van der Waals surface area contributed by atoms with E-state index in [0.29, 0.717) is 12.2 Å². The predicted octanol–water partition coefficient (Wildman–Crippen LogP) is 4.95. The number of benzene rings is 2. The van der Waals surface area contributed by atoms with Crippen LogP contribution in [0.3, 0.4) is 0 Å². The van der Waals surface area contributed by atoms with Crippen molar-refractivity contribution in [2.75, 3.05) is 5.32 Å². The van der Waals surface area contributed by atoms with Gasteiger partial charge in [-0.3, -0.25) is 4.79 Å². The van der Waals surface area contributed by atoms with Gasteiger partial charge in [0, 0.05) is 23.5 Å². The van der Waals surface area contributed by atoms with Crippen LogP contribution in [0.4, 0.5) is 5.82 Å². The number of nitrogens with zero attached hydrogens (tertiary/aromatic N) is 4. The minimum atomic E-state index is -0.115. The second kappa shape index (κ2) is 8.43. The minimum Gasteiger partial charge on any atom is -0.310 e. The highest BCUT2D eigenvalue weighted by molar-refractivity contribution is 5.92. The van der Waals surface area contributed by atoms with Crippen molar-refractivity contribution in [1.82, 2.24) is 19.6 Å². The highest BCUT2D eigenvalue weighted by Crippen LogP contribution is 2.33. The van der Waals surface area contributed by atoms with E-state index in [0.717, 1.165) is 39.3 Å². The zero-order valence-electron chi connectivity index (χ0n) is 17.6. The van der Waals surface area contributed by atoms with Crippen molar-refractivity contribution in [3.05, 3.63) is 102 Å². The third-order valence-corrected chi connectivity index (χ3v) is 5.19. The van der Waals surface area contributed by atoms with Crippen molar-refractivity contribution in [1.29, 1.82) is 0 Å². The summed E-state index contributed by atoms with van der Waals surface area (Å²) in [5.41, 5.74) is 6.43. The maximum absolute atomic E-state index is 12.5. The smallest absolute Gasteiger partial charge is 0.229 e. The lowest BCUT2D eigenvalue weighted by Gasteiger charge is -2.09. The third-order valence-electron chi connectivity index (χ3n) is 5.19. The Morgan fingerprint density at radius 3 is 2.62 bits per heavy atom. The van der Waals surface area contributed by atoms with Crippen LogP contribution in [0.5, 0.6) is 0 Å². The van der Waals surface area contributed by atoms with Gasteiger partial charge in [-0.15, -0.1) is 0 Å². The van der Waals surface area contributed by atoms with E-state index in [-0.39, 0.29) is 5.91 Å². The number of carbonyl (C=O) groups is 1. The molecule has 0 aliphatic rings.